The number of methoxy groups -OCH3 is 2. The van der Waals surface area contributed by atoms with E-state index in [2.05, 4.69) is 20.9 Å². The Bertz CT molecular complexity index is 979. The van der Waals surface area contributed by atoms with Crippen molar-refractivity contribution in [1.29, 1.82) is 0 Å². The predicted octanol–water partition coefficient (Wildman–Crippen LogP) is 4.77. The van der Waals surface area contributed by atoms with Crippen LogP contribution in [0.15, 0.2) is 51.8 Å². The molecule has 0 spiro atoms. The first-order chi connectivity index (χ1) is 14.0. The maximum absolute atomic E-state index is 12.9. The molecule has 2 aromatic carbocycles. The first-order valence-corrected chi connectivity index (χ1v) is 10.5. The zero-order chi connectivity index (χ0) is 20.8. The molecule has 0 N–H and O–H groups in total. The SMILES string of the molecule is COc1ccc(Br)cc1CN(C)C(=O)c1ccc(OCc2cscn2)c(OC)c1. The molecule has 0 atom stereocenters. The number of thiazole rings is 1. The number of hydrogen-bond donors (Lipinski definition) is 0. The highest BCUT2D eigenvalue weighted by molar-refractivity contribution is 9.10. The largest absolute Gasteiger partial charge is 0.496 e. The summed E-state index contributed by atoms with van der Waals surface area (Å²) in [5.74, 6) is 1.67. The number of carbonyl (C=O) groups is 1. The lowest BCUT2D eigenvalue weighted by molar-refractivity contribution is 0.0783. The van der Waals surface area contributed by atoms with Gasteiger partial charge in [0.2, 0.25) is 0 Å². The molecule has 6 nitrogen and oxygen atoms in total. The summed E-state index contributed by atoms with van der Waals surface area (Å²) in [6.45, 7) is 0.752. The monoisotopic (exact) mass is 476 g/mol. The Hall–Kier alpha value is -2.58. The number of benzene rings is 2. The van der Waals surface area contributed by atoms with Crippen molar-refractivity contribution in [3.63, 3.8) is 0 Å². The van der Waals surface area contributed by atoms with Gasteiger partial charge in [-0.25, -0.2) is 4.98 Å². The molecular formula is C21H21BrN2O4S. The van der Waals surface area contributed by atoms with Crippen LogP contribution >= 0.6 is 27.3 Å². The van der Waals surface area contributed by atoms with Crippen LogP contribution in [0.4, 0.5) is 0 Å². The van der Waals surface area contributed by atoms with Crippen LogP contribution in [0, 0.1) is 0 Å². The molecular weight excluding hydrogens is 456 g/mol. The van der Waals surface area contributed by atoms with E-state index in [-0.39, 0.29) is 5.91 Å². The molecule has 1 amide bonds. The zero-order valence-corrected chi connectivity index (χ0v) is 18.7. The molecule has 0 saturated heterocycles. The molecule has 0 radical (unpaired) electrons. The van der Waals surface area contributed by atoms with E-state index < -0.39 is 0 Å². The van der Waals surface area contributed by atoms with Gasteiger partial charge in [-0.15, -0.1) is 11.3 Å². The van der Waals surface area contributed by atoms with Gasteiger partial charge in [-0.1, -0.05) is 15.9 Å². The van der Waals surface area contributed by atoms with Crippen LogP contribution in [0.25, 0.3) is 0 Å². The number of nitrogens with zero attached hydrogens (tertiary/aromatic N) is 2. The lowest BCUT2D eigenvalue weighted by Gasteiger charge is -2.20. The van der Waals surface area contributed by atoms with Crippen LogP contribution in [0.2, 0.25) is 0 Å². The van der Waals surface area contributed by atoms with Crippen molar-refractivity contribution in [2.75, 3.05) is 21.3 Å². The molecule has 0 fully saturated rings. The molecule has 3 rings (SSSR count). The highest BCUT2D eigenvalue weighted by Crippen LogP contribution is 2.30. The Morgan fingerprint density at radius 1 is 1.10 bits per heavy atom. The quantitative estimate of drug-likeness (QED) is 0.468. The van der Waals surface area contributed by atoms with Crippen molar-refractivity contribution in [3.8, 4) is 17.2 Å². The third-order valence-corrected chi connectivity index (χ3v) is 5.39. The van der Waals surface area contributed by atoms with Crippen molar-refractivity contribution in [3.05, 3.63) is 68.6 Å². The number of carbonyl (C=O) groups excluding carboxylic acids is 1. The first kappa shape index (κ1) is 21.1. The third kappa shape index (κ3) is 5.27. The summed E-state index contributed by atoms with van der Waals surface area (Å²) in [6, 6.07) is 10.9. The van der Waals surface area contributed by atoms with Gasteiger partial charge in [0.05, 0.1) is 25.4 Å². The first-order valence-electron chi connectivity index (χ1n) is 8.77. The lowest BCUT2D eigenvalue weighted by Crippen LogP contribution is -2.26. The summed E-state index contributed by atoms with van der Waals surface area (Å²) < 4.78 is 17.5. The van der Waals surface area contributed by atoms with E-state index in [0.29, 0.717) is 30.2 Å². The van der Waals surface area contributed by atoms with E-state index in [1.807, 2.05) is 23.6 Å². The fourth-order valence-corrected chi connectivity index (χ4v) is 3.75. The van der Waals surface area contributed by atoms with E-state index in [1.54, 1.807) is 49.9 Å². The van der Waals surface area contributed by atoms with Crippen molar-refractivity contribution in [2.24, 2.45) is 0 Å². The molecule has 0 aliphatic heterocycles. The summed E-state index contributed by atoms with van der Waals surface area (Å²) in [7, 11) is 4.92. The van der Waals surface area contributed by atoms with Crippen LogP contribution in [0.3, 0.4) is 0 Å². The van der Waals surface area contributed by atoms with Gasteiger partial charge in [0.1, 0.15) is 12.4 Å². The Morgan fingerprint density at radius 3 is 2.55 bits per heavy atom. The Balaban J connectivity index is 1.73. The van der Waals surface area contributed by atoms with E-state index >= 15 is 0 Å². The molecule has 1 aromatic heterocycles. The second kappa shape index (κ2) is 9.76. The van der Waals surface area contributed by atoms with Crippen molar-refractivity contribution in [2.45, 2.75) is 13.2 Å². The van der Waals surface area contributed by atoms with E-state index in [4.69, 9.17) is 14.2 Å². The van der Waals surface area contributed by atoms with Crippen molar-refractivity contribution in [1.82, 2.24) is 9.88 Å². The Labute approximate surface area is 182 Å². The fraction of sp³-hybridized carbons (Fsp3) is 0.238. The number of rotatable bonds is 8. The summed E-state index contributed by atoms with van der Waals surface area (Å²) >= 11 is 4.97. The average molecular weight is 477 g/mol. The normalized spacial score (nSPS) is 10.5. The van der Waals surface area contributed by atoms with Crippen LogP contribution in [0.5, 0.6) is 17.2 Å². The molecule has 0 aliphatic carbocycles. The summed E-state index contributed by atoms with van der Waals surface area (Å²) in [5, 5.41) is 1.93. The molecule has 152 valence electrons. The summed E-state index contributed by atoms with van der Waals surface area (Å²) in [6.07, 6.45) is 0. The van der Waals surface area contributed by atoms with Crippen molar-refractivity contribution < 1.29 is 19.0 Å². The minimum Gasteiger partial charge on any atom is -0.496 e. The van der Waals surface area contributed by atoms with Gasteiger partial charge < -0.3 is 19.1 Å². The molecule has 1 heterocycles. The molecule has 0 aliphatic rings. The second-order valence-electron chi connectivity index (χ2n) is 6.25. The highest BCUT2D eigenvalue weighted by atomic mass is 79.9. The lowest BCUT2D eigenvalue weighted by atomic mass is 10.1. The van der Waals surface area contributed by atoms with Gasteiger partial charge in [0.15, 0.2) is 11.5 Å². The van der Waals surface area contributed by atoms with Crippen LogP contribution in [-0.4, -0.2) is 37.1 Å². The Kier molecular flexibility index (Phi) is 7.11. The summed E-state index contributed by atoms with van der Waals surface area (Å²) in [5.41, 5.74) is 4.03. The molecule has 29 heavy (non-hydrogen) atoms. The molecule has 0 saturated carbocycles. The smallest absolute Gasteiger partial charge is 0.254 e. The van der Waals surface area contributed by atoms with Crippen molar-refractivity contribution >= 4 is 33.2 Å². The number of halogens is 1. The fourth-order valence-electron chi connectivity index (χ4n) is 2.80. The van der Waals surface area contributed by atoms with E-state index in [9.17, 15) is 4.79 Å². The predicted molar refractivity (Wildman–Crippen MR) is 116 cm³/mol. The number of aromatic nitrogens is 1. The second-order valence-corrected chi connectivity index (χ2v) is 7.89. The summed E-state index contributed by atoms with van der Waals surface area (Å²) in [4.78, 5) is 18.8. The third-order valence-electron chi connectivity index (χ3n) is 4.27. The standard InChI is InChI=1S/C21H21BrN2O4S/c1-24(10-15-8-16(22)5-7-18(15)26-2)21(25)14-4-6-19(20(9-14)27-3)28-11-17-12-29-13-23-17/h4-9,12-13H,10-11H2,1-3H3. The maximum Gasteiger partial charge on any atom is 0.254 e. The topological polar surface area (TPSA) is 60.9 Å². The van der Waals surface area contributed by atoms with Crippen LogP contribution in [0.1, 0.15) is 21.6 Å². The van der Waals surface area contributed by atoms with Gasteiger partial charge in [0, 0.05) is 34.6 Å². The molecule has 8 heteroatoms. The number of hydrogen-bond acceptors (Lipinski definition) is 6. The molecule has 3 aromatic rings. The van der Waals surface area contributed by atoms with Crippen LogP contribution in [-0.2, 0) is 13.2 Å². The van der Waals surface area contributed by atoms with Gasteiger partial charge in [-0.3, -0.25) is 4.79 Å². The van der Waals surface area contributed by atoms with Gasteiger partial charge in [0.25, 0.3) is 5.91 Å². The van der Waals surface area contributed by atoms with Crippen LogP contribution < -0.4 is 14.2 Å². The van der Waals surface area contributed by atoms with E-state index in [0.717, 1.165) is 21.5 Å². The van der Waals surface area contributed by atoms with Gasteiger partial charge >= 0.3 is 0 Å². The van der Waals surface area contributed by atoms with E-state index in [1.165, 1.54) is 11.3 Å². The highest BCUT2D eigenvalue weighted by Gasteiger charge is 2.17. The minimum absolute atomic E-state index is 0.128. The molecule has 0 bridgehead atoms. The number of ether oxygens (including phenoxy) is 3. The van der Waals surface area contributed by atoms with Gasteiger partial charge in [-0.2, -0.15) is 0 Å². The zero-order valence-electron chi connectivity index (χ0n) is 16.3. The minimum atomic E-state index is -0.128. The molecule has 0 unspecified atom stereocenters. The maximum atomic E-state index is 12.9. The average Bonchev–Trinajstić information content (AvgIpc) is 3.25. The van der Waals surface area contributed by atoms with Gasteiger partial charge in [-0.05, 0) is 36.4 Å². The Morgan fingerprint density at radius 2 is 1.86 bits per heavy atom. The number of amides is 1.